The van der Waals surface area contributed by atoms with Crippen molar-refractivity contribution >= 4 is 39.0 Å². The Bertz CT molecular complexity index is 1640. The van der Waals surface area contributed by atoms with Crippen LogP contribution in [0.1, 0.15) is 29.3 Å². The van der Waals surface area contributed by atoms with Crippen LogP contribution in [0.3, 0.4) is 0 Å². The summed E-state index contributed by atoms with van der Waals surface area (Å²) < 4.78 is 41.3. The smallest absolute Gasteiger partial charge is 0.338 e. The Labute approximate surface area is 245 Å². The molecule has 0 unspecified atom stereocenters. The third-order valence-corrected chi connectivity index (χ3v) is 9.08. The van der Waals surface area contributed by atoms with Crippen molar-refractivity contribution in [1.29, 1.82) is 0 Å². The fourth-order valence-corrected chi connectivity index (χ4v) is 6.69. The van der Waals surface area contributed by atoms with Crippen molar-refractivity contribution in [2.45, 2.75) is 31.3 Å². The van der Waals surface area contributed by atoms with E-state index in [-0.39, 0.29) is 17.6 Å². The number of ether oxygens (including phenoxy) is 2. The van der Waals surface area contributed by atoms with E-state index in [1.165, 1.54) is 16.6 Å². The second-order valence-corrected chi connectivity index (χ2v) is 12.2. The second-order valence-electron chi connectivity index (χ2n) is 9.99. The van der Waals surface area contributed by atoms with E-state index in [9.17, 15) is 13.2 Å². The topological polar surface area (TPSA) is 91.9 Å². The number of anilines is 2. The van der Waals surface area contributed by atoms with Crippen molar-refractivity contribution < 1.29 is 22.7 Å². The van der Waals surface area contributed by atoms with Crippen molar-refractivity contribution in [2.24, 2.45) is 0 Å². The van der Waals surface area contributed by atoms with Gasteiger partial charge in [0.1, 0.15) is 16.7 Å². The van der Waals surface area contributed by atoms with E-state index in [1.807, 2.05) is 37.4 Å². The van der Waals surface area contributed by atoms with Crippen molar-refractivity contribution in [1.82, 2.24) is 9.88 Å². The predicted octanol–water partition coefficient (Wildman–Crippen LogP) is 6.43. The van der Waals surface area contributed by atoms with Gasteiger partial charge in [-0.15, -0.1) is 0 Å². The summed E-state index contributed by atoms with van der Waals surface area (Å²) >= 11 is 6.53. The number of aromatic nitrogens is 1. The molecule has 5 rings (SSSR count). The van der Waals surface area contributed by atoms with Crippen LogP contribution in [0.4, 0.5) is 11.4 Å². The van der Waals surface area contributed by atoms with E-state index in [0.29, 0.717) is 38.8 Å². The van der Waals surface area contributed by atoms with Crippen LogP contribution in [0.5, 0.6) is 5.75 Å². The lowest BCUT2D eigenvalue weighted by molar-refractivity contribution is 0.0527. The molecule has 1 aromatic heterocycles. The maximum absolute atomic E-state index is 14.2. The quantitative estimate of drug-likeness (QED) is 0.225. The number of rotatable bonds is 9. The summed E-state index contributed by atoms with van der Waals surface area (Å²) in [7, 11) is -2.09. The summed E-state index contributed by atoms with van der Waals surface area (Å²) in [4.78, 5) is 18.1. The number of nitrogens with one attached hydrogen (secondary N) is 1. The van der Waals surface area contributed by atoms with Crippen LogP contribution in [-0.4, -0.2) is 57.1 Å². The fraction of sp³-hybridized carbons (Fsp3) is 0.258. The van der Waals surface area contributed by atoms with Gasteiger partial charge in [-0.05, 0) is 74.3 Å². The number of esters is 1. The molecule has 1 fully saturated rings. The second kappa shape index (κ2) is 12.0. The first kappa shape index (κ1) is 28.7. The molecule has 1 saturated heterocycles. The number of aromatic amines is 1. The average Bonchev–Trinajstić information content (AvgIpc) is 3.64. The van der Waals surface area contributed by atoms with Crippen molar-refractivity contribution in [2.75, 3.05) is 31.0 Å². The van der Waals surface area contributed by atoms with Gasteiger partial charge >= 0.3 is 5.97 Å². The minimum atomic E-state index is -4.12. The first-order valence-electron chi connectivity index (χ1n) is 13.4. The van der Waals surface area contributed by atoms with E-state index >= 15 is 0 Å². The van der Waals surface area contributed by atoms with Crippen molar-refractivity contribution in [3.8, 4) is 16.9 Å². The number of aryl methyl sites for hydroxylation is 1. The summed E-state index contributed by atoms with van der Waals surface area (Å²) in [6.07, 6.45) is 3.78. The lowest BCUT2D eigenvalue weighted by Crippen LogP contribution is -2.27. The number of likely N-dealkylation sites (N-methyl/N-ethyl adjacent to an activating group) is 1. The molecule has 8 nitrogen and oxygen atoms in total. The highest BCUT2D eigenvalue weighted by Crippen LogP contribution is 2.41. The van der Waals surface area contributed by atoms with Gasteiger partial charge in [0.25, 0.3) is 10.0 Å². The van der Waals surface area contributed by atoms with Crippen LogP contribution < -0.4 is 9.04 Å². The minimum Gasteiger partial charge on any atom is -0.487 e. The highest BCUT2D eigenvalue weighted by atomic mass is 35.5. The highest BCUT2D eigenvalue weighted by molar-refractivity contribution is 7.93. The summed E-state index contributed by atoms with van der Waals surface area (Å²) in [6, 6.07) is 19.2. The summed E-state index contributed by atoms with van der Waals surface area (Å²) in [5.41, 5.74) is 2.96. The maximum Gasteiger partial charge on any atom is 0.338 e. The van der Waals surface area contributed by atoms with E-state index in [4.69, 9.17) is 21.1 Å². The Kier molecular flexibility index (Phi) is 8.40. The third kappa shape index (κ3) is 5.98. The lowest BCUT2D eigenvalue weighted by Gasteiger charge is -2.28. The third-order valence-electron chi connectivity index (χ3n) is 7.03. The normalized spacial score (nSPS) is 15.6. The molecule has 3 aromatic carbocycles. The molecule has 0 radical (unpaired) electrons. The SMILES string of the molecule is CCOC(=O)c1cc(C)c(N(c2ccc(Cl)c(O[C@@H]3CCN(C)C3)c2)S(=O)(=O)c2cc[nH]c2)cc1-c1ccccc1. The zero-order valence-corrected chi connectivity index (χ0v) is 24.7. The molecule has 214 valence electrons. The first-order valence-corrected chi connectivity index (χ1v) is 15.2. The lowest BCUT2D eigenvalue weighted by atomic mass is 9.96. The van der Waals surface area contributed by atoms with Gasteiger partial charge in [-0.1, -0.05) is 41.9 Å². The predicted molar refractivity (Wildman–Crippen MR) is 161 cm³/mol. The number of benzene rings is 3. The van der Waals surface area contributed by atoms with Gasteiger partial charge in [0.05, 0.1) is 28.6 Å². The fourth-order valence-electron chi connectivity index (χ4n) is 5.01. The zero-order valence-electron chi connectivity index (χ0n) is 23.1. The van der Waals surface area contributed by atoms with Gasteiger partial charge in [0.15, 0.2) is 0 Å². The molecule has 2 heterocycles. The number of H-pyrrole nitrogens is 1. The van der Waals surface area contributed by atoms with Crippen LogP contribution in [0.2, 0.25) is 5.02 Å². The molecule has 10 heteroatoms. The van der Waals surface area contributed by atoms with Crippen LogP contribution in [-0.2, 0) is 14.8 Å². The number of halogens is 1. The van der Waals surface area contributed by atoms with E-state index in [2.05, 4.69) is 9.88 Å². The van der Waals surface area contributed by atoms with Gasteiger partial charge in [-0.2, -0.15) is 0 Å². The van der Waals surface area contributed by atoms with Crippen LogP contribution in [0.15, 0.2) is 84.0 Å². The van der Waals surface area contributed by atoms with Crippen LogP contribution in [0, 0.1) is 6.92 Å². The van der Waals surface area contributed by atoms with Gasteiger partial charge in [0, 0.05) is 31.5 Å². The number of sulfonamides is 1. The number of hydrogen-bond acceptors (Lipinski definition) is 6. The molecule has 41 heavy (non-hydrogen) atoms. The Morgan fingerprint density at radius 2 is 1.90 bits per heavy atom. The zero-order chi connectivity index (χ0) is 29.1. The summed E-state index contributed by atoms with van der Waals surface area (Å²) in [6.45, 7) is 5.39. The first-order chi connectivity index (χ1) is 19.7. The standard InChI is InChI=1S/C31H32ClN3O5S/c1-4-39-31(36)27-16-21(2)29(18-26(27)22-8-6-5-7-9-22)35(41(37,38)25-12-14-33-19-25)23-10-11-28(32)30(17-23)40-24-13-15-34(3)20-24/h5-12,14,16-19,24,33H,4,13,15,20H2,1-3H3/t24-/m1/s1. The molecule has 0 saturated carbocycles. The largest absolute Gasteiger partial charge is 0.487 e. The Morgan fingerprint density at radius 3 is 2.56 bits per heavy atom. The number of hydrogen-bond donors (Lipinski definition) is 1. The Hall–Kier alpha value is -3.79. The van der Waals surface area contributed by atoms with Crippen molar-refractivity contribution in [3.05, 3.63) is 95.3 Å². The number of carbonyl (C=O) groups is 1. The molecule has 1 aliphatic rings. The van der Waals surface area contributed by atoms with Gasteiger partial charge in [0.2, 0.25) is 0 Å². The monoisotopic (exact) mass is 593 g/mol. The molecule has 4 aromatic rings. The molecular formula is C31H32ClN3O5S. The summed E-state index contributed by atoms with van der Waals surface area (Å²) in [5.74, 6) is -0.0763. The average molecular weight is 594 g/mol. The molecule has 1 atom stereocenters. The molecular weight excluding hydrogens is 562 g/mol. The molecule has 0 amide bonds. The van der Waals surface area contributed by atoms with Gasteiger partial charge in [-0.25, -0.2) is 17.5 Å². The molecule has 1 aliphatic heterocycles. The summed E-state index contributed by atoms with van der Waals surface area (Å²) in [5, 5.41) is 0.390. The molecule has 1 N–H and O–H groups in total. The minimum absolute atomic E-state index is 0.0576. The molecule has 0 spiro atoms. The molecule has 0 bridgehead atoms. The van der Waals surface area contributed by atoms with Crippen LogP contribution in [0.25, 0.3) is 11.1 Å². The number of nitrogens with zero attached hydrogens (tertiary/aromatic N) is 2. The Balaban J connectivity index is 1.70. The van der Waals surface area contributed by atoms with E-state index in [1.54, 1.807) is 50.4 Å². The van der Waals surface area contributed by atoms with Gasteiger partial charge in [-0.3, -0.25) is 0 Å². The van der Waals surface area contributed by atoms with E-state index in [0.717, 1.165) is 25.1 Å². The number of likely N-dealkylation sites (tertiary alicyclic amines) is 1. The van der Waals surface area contributed by atoms with Gasteiger partial charge < -0.3 is 19.4 Å². The Morgan fingerprint density at radius 1 is 1.12 bits per heavy atom. The van der Waals surface area contributed by atoms with Crippen molar-refractivity contribution in [3.63, 3.8) is 0 Å². The van der Waals surface area contributed by atoms with Crippen LogP contribution >= 0.6 is 11.6 Å². The number of carbonyl (C=O) groups excluding carboxylic acids is 1. The highest BCUT2D eigenvalue weighted by Gasteiger charge is 2.31. The molecule has 0 aliphatic carbocycles. The maximum atomic E-state index is 14.2. The van der Waals surface area contributed by atoms with E-state index < -0.39 is 16.0 Å².